The van der Waals surface area contributed by atoms with E-state index in [2.05, 4.69) is 61.2 Å². The second-order valence-corrected chi connectivity index (χ2v) is 5.32. The molecule has 0 aromatic heterocycles. The monoisotopic (exact) mass is 254 g/mol. The highest BCUT2D eigenvalue weighted by Crippen LogP contribution is 2.25. The van der Waals surface area contributed by atoms with Crippen LogP contribution in [0.1, 0.15) is 28.3 Å². The van der Waals surface area contributed by atoms with Gasteiger partial charge in [0.05, 0.1) is 6.04 Å². The molecule has 19 heavy (non-hydrogen) atoms. The number of anilines is 1. The number of nitrogens with zero attached hydrogens (tertiary/aromatic N) is 1. The number of aryl methyl sites for hydroxylation is 2. The summed E-state index contributed by atoms with van der Waals surface area (Å²) in [5.74, 6) is 0. The first-order valence-electron chi connectivity index (χ1n) is 6.59. The fourth-order valence-corrected chi connectivity index (χ4v) is 2.25. The summed E-state index contributed by atoms with van der Waals surface area (Å²) in [6.07, 6.45) is 0. The highest BCUT2D eigenvalue weighted by atomic mass is 15.1. The van der Waals surface area contributed by atoms with Gasteiger partial charge >= 0.3 is 0 Å². The second-order valence-electron chi connectivity index (χ2n) is 5.32. The molecule has 0 aliphatic heterocycles. The topological polar surface area (TPSA) is 29.3 Å². The molecule has 2 heteroatoms. The average molecular weight is 254 g/mol. The summed E-state index contributed by atoms with van der Waals surface area (Å²) < 4.78 is 0. The van der Waals surface area contributed by atoms with Gasteiger partial charge in [-0.25, -0.2) is 0 Å². The van der Waals surface area contributed by atoms with Crippen LogP contribution in [0.25, 0.3) is 0 Å². The fraction of sp³-hybridized carbons (Fsp3) is 0.294. The van der Waals surface area contributed by atoms with Crippen molar-refractivity contribution in [3.8, 4) is 0 Å². The minimum Gasteiger partial charge on any atom is -0.378 e. The van der Waals surface area contributed by atoms with Crippen molar-refractivity contribution >= 4 is 5.69 Å². The summed E-state index contributed by atoms with van der Waals surface area (Å²) in [4.78, 5) is 2.09. The zero-order chi connectivity index (χ0) is 14.0. The Morgan fingerprint density at radius 3 is 2.16 bits per heavy atom. The standard InChI is InChI=1S/C17H22N2/c1-12-5-6-13(2)16(11-12)17(18)14-7-9-15(10-8-14)19(3)4/h5-11,17H,18H2,1-4H3. The van der Waals surface area contributed by atoms with E-state index in [1.54, 1.807) is 0 Å². The molecular weight excluding hydrogens is 232 g/mol. The number of hydrogen-bond acceptors (Lipinski definition) is 2. The Balaban J connectivity index is 2.33. The van der Waals surface area contributed by atoms with Gasteiger partial charge < -0.3 is 10.6 Å². The zero-order valence-corrected chi connectivity index (χ0v) is 12.1. The lowest BCUT2D eigenvalue weighted by molar-refractivity contribution is 0.859. The second kappa shape index (κ2) is 5.45. The SMILES string of the molecule is Cc1ccc(C)c(C(N)c2ccc(N(C)C)cc2)c1. The van der Waals surface area contributed by atoms with Gasteiger partial charge in [-0.05, 0) is 42.7 Å². The molecule has 0 heterocycles. The fourth-order valence-electron chi connectivity index (χ4n) is 2.25. The van der Waals surface area contributed by atoms with Gasteiger partial charge in [-0.15, -0.1) is 0 Å². The number of benzene rings is 2. The minimum absolute atomic E-state index is 0.0592. The van der Waals surface area contributed by atoms with Crippen LogP contribution in [0.4, 0.5) is 5.69 Å². The summed E-state index contributed by atoms with van der Waals surface area (Å²) in [6, 6.07) is 14.8. The van der Waals surface area contributed by atoms with E-state index in [9.17, 15) is 0 Å². The van der Waals surface area contributed by atoms with Crippen molar-refractivity contribution in [2.24, 2.45) is 5.73 Å². The van der Waals surface area contributed by atoms with E-state index in [0.29, 0.717) is 0 Å². The molecule has 0 saturated heterocycles. The molecule has 0 bridgehead atoms. The summed E-state index contributed by atoms with van der Waals surface area (Å²) in [5.41, 5.74) is 12.4. The number of rotatable bonds is 3. The Hall–Kier alpha value is -1.80. The van der Waals surface area contributed by atoms with Crippen LogP contribution >= 0.6 is 0 Å². The van der Waals surface area contributed by atoms with Gasteiger partial charge in [-0.1, -0.05) is 35.9 Å². The first-order valence-corrected chi connectivity index (χ1v) is 6.59. The molecule has 0 aliphatic carbocycles. The first-order chi connectivity index (χ1) is 8.99. The van der Waals surface area contributed by atoms with Crippen LogP contribution in [0, 0.1) is 13.8 Å². The average Bonchev–Trinajstić information content (AvgIpc) is 2.41. The van der Waals surface area contributed by atoms with Gasteiger partial charge in [0.2, 0.25) is 0 Å². The van der Waals surface area contributed by atoms with Crippen molar-refractivity contribution < 1.29 is 0 Å². The lowest BCUT2D eigenvalue weighted by atomic mass is 9.94. The molecule has 2 aromatic carbocycles. The van der Waals surface area contributed by atoms with Crippen LogP contribution in [0.2, 0.25) is 0 Å². The summed E-state index contributed by atoms with van der Waals surface area (Å²) >= 11 is 0. The zero-order valence-electron chi connectivity index (χ0n) is 12.1. The molecular formula is C17H22N2. The molecule has 2 rings (SSSR count). The maximum absolute atomic E-state index is 6.40. The summed E-state index contributed by atoms with van der Waals surface area (Å²) in [5, 5.41) is 0. The predicted octanol–water partition coefficient (Wildman–Crippen LogP) is 3.42. The van der Waals surface area contributed by atoms with E-state index >= 15 is 0 Å². The molecule has 1 unspecified atom stereocenters. The third kappa shape index (κ3) is 2.96. The molecule has 0 fully saturated rings. The maximum Gasteiger partial charge on any atom is 0.0554 e. The molecule has 0 aliphatic rings. The van der Waals surface area contributed by atoms with E-state index in [-0.39, 0.29) is 6.04 Å². The van der Waals surface area contributed by atoms with Gasteiger partial charge in [0.25, 0.3) is 0 Å². The highest BCUT2D eigenvalue weighted by Gasteiger charge is 2.11. The molecule has 100 valence electrons. The Bertz CT molecular complexity index is 556. The lowest BCUT2D eigenvalue weighted by Crippen LogP contribution is -2.14. The van der Waals surface area contributed by atoms with Crippen LogP contribution in [0.3, 0.4) is 0 Å². The number of hydrogen-bond donors (Lipinski definition) is 1. The highest BCUT2D eigenvalue weighted by molar-refractivity contribution is 5.48. The lowest BCUT2D eigenvalue weighted by Gasteiger charge is -2.18. The molecule has 0 spiro atoms. The Kier molecular flexibility index (Phi) is 3.91. The van der Waals surface area contributed by atoms with Gasteiger partial charge in [-0.2, -0.15) is 0 Å². The van der Waals surface area contributed by atoms with Crippen LogP contribution < -0.4 is 10.6 Å². The molecule has 0 amide bonds. The van der Waals surface area contributed by atoms with Gasteiger partial charge in [-0.3, -0.25) is 0 Å². The quantitative estimate of drug-likeness (QED) is 0.909. The minimum atomic E-state index is -0.0592. The third-order valence-corrected chi connectivity index (χ3v) is 3.54. The predicted molar refractivity (Wildman–Crippen MR) is 82.7 cm³/mol. The van der Waals surface area contributed by atoms with Crippen molar-refractivity contribution in [2.45, 2.75) is 19.9 Å². The van der Waals surface area contributed by atoms with Crippen LogP contribution in [-0.2, 0) is 0 Å². The van der Waals surface area contributed by atoms with E-state index in [4.69, 9.17) is 5.73 Å². The van der Waals surface area contributed by atoms with Crippen LogP contribution in [0.5, 0.6) is 0 Å². The normalized spacial score (nSPS) is 12.3. The van der Waals surface area contributed by atoms with Crippen LogP contribution in [0.15, 0.2) is 42.5 Å². The maximum atomic E-state index is 6.40. The van der Waals surface area contributed by atoms with Crippen molar-refractivity contribution in [1.29, 1.82) is 0 Å². The van der Waals surface area contributed by atoms with Gasteiger partial charge in [0.15, 0.2) is 0 Å². The smallest absolute Gasteiger partial charge is 0.0554 e. The van der Waals surface area contributed by atoms with Gasteiger partial charge in [0.1, 0.15) is 0 Å². The summed E-state index contributed by atoms with van der Waals surface area (Å²) in [7, 11) is 4.08. The molecule has 2 nitrogen and oxygen atoms in total. The molecule has 2 N–H and O–H groups in total. The van der Waals surface area contributed by atoms with E-state index < -0.39 is 0 Å². The van der Waals surface area contributed by atoms with Crippen molar-refractivity contribution in [3.63, 3.8) is 0 Å². The van der Waals surface area contributed by atoms with Crippen molar-refractivity contribution in [1.82, 2.24) is 0 Å². The number of nitrogens with two attached hydrogens (primary N) is 1. The first kappa shape index (κ1) is 13.6. The molecule has 0 saturated carbocycles. The van der Waals surface area contributed by atoms with E-state index in [1.807, 2.05) is 14.1 Å². The largest absolute Gasteiger partial charge is 0.378 e. The van der Waals surface area contributed by atoms with Crippen molar-refractivity contribution in [3.05, 3.63) is 64.7 Å². The summed E-state index contributed by atoms with van der Waals surface area (Å²) in [6.45, 7) is 4.22. The Morgan fingerprint density at radius 1 is 0.947 bits per heavy atom. The van der Waals surface area contributed by atoms with Gasteiger partial charge in [0, 0.05) is 19.8 Å². The van der Waals surface area contributed by atoms with Crippen LogP contribution in [-0.4, -0.2) is 14.1 Å². The van der Waals surface area contributed by atoms with E-state index in [0.717, 1.165) is 5.56 Å². The van der Waals surface area contributed by atoms with E-state index in [1.165, 1.54) is 22.4 Å². The Labute approximate surface area is 115 Å². The molecule has 1 atom stereocenters. The van der Waals surface area contributed by atoms with Crippen molar-refractivity contribution in [2.75, 3.05) is 19.0 Å². The molecule has 2 aromatic rings. The molecule has 0 radical (unpaired) electrons. The Morgan fingerprint density at radius 2 is 1.58 bits per heavy atom. The third-order valence-electron chi connectivity index (χ3n) is 3.54.